The number of ether oxygens (including phenoxy) is 2. The lowest BCUT2D eigenvalue weighted by atomic mass is 10.2. The Kier molecular flexibility index (Phi) is 7.07. The lowest BCUT2D eigenvalue weighted by molar-refractivity contribution is -0.121. The third-order valence-corrected chi connectivity index (χ3v) is 5.52. The number of methoxy groups -OCH3 is 2. The molecular weight excluding hydrogens is 389 g/mol. The van der Waals surface area contributed by atoms with Crippen LogP contribution in [0.1, 0.15) is 5.56 Å². The van der Waals surface area contributed by atoms with Gasteiger partial charge in [0.2, 0.25) is 10.0 Å². The summed E-state index contributed by atoms with van der Waals surface area (Å²) in [6, 6.07) is 9.82. The number of benzene rings is 2. The van der Waals surface area contributed by atoms with Crippen molar-refractivity contribution >= 4 is 22.1 Å². The molecule has 0 fully saturated rings. The molecule has 0 aliphatic rings. The average molecular weight is 409 g/mol. The molecule has 1 N–H and O–H groups in total. The van der Waals surface area contributed by atoms with Crippen molar-refractivity contribution < 1.29 is 27.1 Å². The Morgan fingerprint density at radius 3 is 2.46 bits per heavy atom. The van der Waals surface area contributed by atoms with Crippen LogP contribution in [0.4, 0.5) is 4.39 Å². The number of carbonyl (C=O) groups excluding carboxylic acids is 1. The molecule has 2 aromatic carbocycles. The average Bonchev–Trinajstić information content (AvgIpc) is 2.68. The minimum atomic E-state index is -4.02. The number of hydrazone groups is 1. The van der Waals surface area contributed by atoms with Gasteiger partial charge in [0, 0.05) is 13.1 Å². The summed E-state index contributed by atoms with van der Waals surface area (Å²) in [6.07, 6.45) is 1.32. The van der Waals surface area contributed by atoms with Crippen molar-refractivity contribution in [3.63, 3.8) is 0 Å². The van der Waals surface area contributed by atoms with Crippen LogP contribution in [0.2, 0.25) is 0 Å². The van der Waals surface area contributed by atoms with E-state index < -0.39 is 22.5 Å². The summed E-state index contributed by atoms with van der Waals surface area (Å²) in [5.41, 5.74) is 2.80. The Hall–Kier alpha value is -2.98. The maximum absolute atomic E-state index is 12.8. The van der Waals surface area contributed by atoms with Crippen LogP contribution < -0.4 is 14.9 Å². The molecule has 0 saturated carbocycles. The third kappa shape index (κ3) is 5.27. The SMILES string of the molecule is COc1ccc(OC)c(S(=O)(=O)N(C)CC(=O)NN=Cc2ccc(F)cc2)c1. The van der Waals surface area contributed by atoms with Gasteiger partial charge in [-0.2, -0.15) is 9.41 Å². The Labute approximate surface area is 162 Å². The first-order valence-electron chi connectivity index (χ1n) is 8.03. The molecular formula is C18H20FN3O5S. The molecule has 8 nitrogen and oxygen atoms in total. The zero-order valence-electron chi connectivity index (χ0n) is 15.5. The number of carbonyl (C=O) groups is 1. The highest BCUT2D eigenvalue weighted by Crippen LogP contribution is 2.30. The normalized spacial score (nSPS) is 11.6. The molecule has 28 heavy (non-hydrogen) atoms. The van der Waals surface area contributed by atoms with Crippen molar-refractivity contribution in [2.75, 3.05) is 27.8 Å². The fourth-order valence-corrected chi connectivity index (χ4v) is 3.50. The molecule has 0 aliphatic carbocycles. The number of nitrogens with zero attached hydrogens (tertiary/aromatic N) is 2. The molecule has 0 atom stereocenters. The molecule has 2 rings (SSSR count). The first kappa shape index (κ1) is 21.3. The Balaban J connectivity index is 2.07. The number of hydrogen-bond donors (Lipinski definition) is 1. The molecule has 0 spiro atoms. The van der Waals surface area contributed by atoms with Gasteiger partial charge in [-0.05, 0) is 29.8 Å². The highest BCUT2D eigenvalue weighted by Gasteiger charge is 2.27. The number of likely N-dealkylation sites (N-methyl/N-ethyl adjacent to an activating group) is 1. The Bertz CT molecular complexity index is 962. The fraction of sp³-hybridized carbons (Fsp3) is 0.222. The van der Waals surface area contributed by atoms with Gasteiger partial charge in [0.15, 0.2) is 0 Å². The highest BCUT2D eigenvalue weighted by atomic mass is 32.2. The van der Waals surface area contributed by atoms with Crippen LogP contribution in [-0.4, -0.2) is 52.7 Å². The highest BCUT2D eigenvalue weighted by molar-refractivity contribution is 7.89. The van der Waals surface area contributed by atoms with Crippen molar-refractivity contribution in [2.45, 2.75) is 4.90 Å². The van der Waals surface area contributed by atoms with E-state index in [9.17, 15) is 17.6 Å². The van der Waals surface area contributed by atoms with Crippen LogP contribution in [0.5, 0.6) is 11.5 Å². The molecule has 0 unspecified atom stereocenters. The minimum Gasteiger partial charge on any atom is -0.497 e. The number of hydrogen-bond acceptors (Lipinski definition) is 6. The summed E-state index contributed by atoms with van der Waals surface area (Å²) >= 11 is 0. The standard InChI is InChI=1S/C18H20FN3O5S/c1-22(12-18(23)21-20-11-13-4-6-14(19)7-5-13)28(24,25)17-10-15(26-2)8-9-16(17)27-3/h4-11H,12H2,1-3H3,(H,21,23). The topological polar surface area (TPSA) is 97.3 Å². The second-order valence-electron chi connectivity index (χ2n) is 5.62. The quantitative estimate of drug-likeness (QED) is 0.528. The molecule has 150 valence electrons. The Morgan fingerprint density at radius 1 is 1.18 bits per heavy atom. The molecule has 0 saturated heterocycles. The second-order valence-corrected chi connectivity index (χ2v) is 7.64. The summed E-state index contributed by atoms with van der Waals surface area (Å²) in [4.78, 5) is 11.9. The van der Waals surface area contributed by atoms with Crippen molar-refractivity contribution in [3.8, 4) is 11.5 Å². The zero-order chi connectivity index (χ0) is 20.7. The summed E-state index contributed by atoms with van der Waals surface area (Å²) in [5, 5.41) is 3.73. The first-order chi connectivity index (χ1) is 13.3. The van der Waals surface area contributed by atoms with Gasteiger partial charge in [0.25, 0.3) is 5.91 Å². The maximum atomic E-state index is 12.8. The summed E-state index contributed by atoms with van der Waals surface area (Å²) in [5.74, 6) is -0.573. The van der Waals surface area contributed by atoms with Crippen LogP contribution in [0.15, 0.2) is 52.5 Å². The van der Waals surface area contributed by atoms with Crippen LogP contribution in [0.3, 0.4) is 0 Å². The van der Waals surface area contributed by atoms with Crippen molar-refractivity contribution in [2.24, 2.45) is 5.10 Å². The van der Waals surface area contributed by atoms with Crippen molar-refractivity contribution in [3.05, 3.63) is 53.8 Å². The van der Waals surface area contributed by atoms with Gasteiger partial charge in [0.05, 0.1) is 27.0 Å². The van der Waals surface area contributed by atoms with E-state index >= 15 is 0 Å². The summed E-state index contributed by atoms with van der Waals surface area (Å²) in [7, 11) is 0.000173. The molecule has 0 aromatic heterocycles. The molecule has 1 amide bonds. The lowest BCUT2D eigenvalue weighted by Crippen LogP contribution is -2.36. The third-order valence-electron chi connectivity index (χ3n) is 3.70. The molecule has 0 heterocycles. The van der Waals surface area contributed by atoms with E-state index in [1.165, 1.54) is 63.9 Å². The number of rotatable bonds is 8. The van der Waals surface area contributed by atoms with Gasteiger partial charge in [-0.3, -0.25) is 4.79 Å². The minimum absolute atomic E-state index is 0.125. The first-order valence-corrected chi connectivity index (χ1v) is 9.47. The number of halogens is 1. The fourth-order valence-electron chi connectivity index (χ4n) is 2.20. The van der Waals surface area contributed by atoms with E-state index in [2.05, 4.69) is 10.5 Å². The molecule has 0 radical (unpaired) electrons. The predicted molar refractivity (Wildman–Crippen MR) is 101 cm³/mol. The molecule has 10 heteroatoms. The van der Waals surface area contributed by atoms with Gasteiger partial charge in [0.1, 0.15) is 22.2 Å². The predicted octanol–water partition coefficient (Wildman–Crippen LogP) is 1.61. The number of sulfonamides is 1. The lowest BCUT2D eigenvalue weighted by Gasteiger charge is -2.18. The van der Waals surface area contributed by atoms with E-state index in [0.29, 0.717) is 11.3 Å². The van der Waals surface area contributed by atoms with Crippen molar-refractivity contribution in [1.82, 2.24) is 9.73 Å². The van der Waals surface area contributed by atoms with Gasteiger partial charge in [-0.1, -0.05) is 12.1 Å². The number of amides is 1. The Morgan fingerprint density at radius 2 is 1.86 bits per heavy atom. The van der Waals surface area contributed by atoms with Crippen LogP contribution >= 0.6 is 0 Å². The largest absolute Gasteiger partial charge is 0.497 e. The van der Waals surface area contributed by atoms with E-state index in [1.807, 2.05) is 0 Å². The van der Waals surface area contributed by atoms with Crippen molar-refractivity contribution in [1.29, 1.82) is 0 Å². The van der Waals surface area contributed by atoms with Gasteiger partial charge in [-0.15, -0.1) is 0 Å². The molecule has 2 aromatic rings. The van der Waals surface area contributed by atoms with E-state index in [1.54, 1.807) is 6.07 Å². The van der Waals surface area contributed by atoms with E-state index in [0.717, 1.165) is 4.31 Å². The molecule has 0 aliphatic heterocycles. The van der Waals surface area contributed by atoms with Crippen LogP contribution in [0.25, 0.3) is 0 Å². The van der Waals surface area contributed by atoms with Gasteiger partial charge >= 0.3 is 0 Å². The smallest absolute Gasteiger partial charge is 0.255 e. The maximum Gasteiger partial charge on any atom is 0.255 e. The summed E-state index contributed by atoms with van der Waals surface area (Å²) < 4.78 is 49.4. The van der Waals surface area contributed by atoms with E-state index in [4.69, 9.17) is 9.47 Å². The zero-order valence-corrected chi connectivity index (χ0v) is 16.4. The second kappa shape index (κ2) is 9.29. The van der Waals surface area contributed by atoms with Crippen LogP contribution in [-0.2, 0) is 14.8 Å². The van der Waals surface area contributed by atoms with Gasteiger partial charge < -0.3 is 9.47 Å². The van der Waals surface area contributed by atoms with Gasteiger partial charge in [-0.25, -0.2) is 18.2 Å². The molecule has 0 bridgehead atoms. The monoisotopic (exact) mass is 409 g/mol. The number of nitrogens with one attached hydrogen (secondary N) is 1. The summed E-state index contributed by atoms with van der Waals surface area (Å²) in [6.45, 7) is -0.469. The van der Waals surface area contributed by atoms with E-state index in [-0.39, 0.29) is 16.5 Å². The van der Waals surface area contributed by atoms with Crippen LogP contribution in [0, 0.1) is 5.82 Å².